The van der Waals surface area contributed by atoms with Crippen molar-refractivity contribution in [2.75, 3.05) is 32.8 Å². The largest absolute Gasteiger partial charge is 0.480 e. The van der Waals surface area contributed by atoms with Crippen molar-refractivity contribution in [3.63, 3.8) is 0 Å². The SMILES string of the molecule is CCCOCC(=O)N1CCC(N2CCCC2C(=O)O)CC1. The Labute approximate surface area is 126 Å². The molecule has 6 nitrogen and oxygen atoms in total. The van der Waals surface area contributed by atoms with Gasteiger partial charge in [0, 0.05) is 25.7 Å². The fourth-order valence-electron chi connectivity index (χ4n) is 3.33. The Kier molecular flexibility index (Phi) is 5.99. The van der Waals surface area contributed by atoms with Gasteiger partial charge in [0.05, 0.1) is 0 Å². The molecule has 2 fully saturated rings. The molecule has 0 radical (unpaired) electrons. The zero-order valence-electron chi connectivity index (χ0n) is 12.8. The third-order valence-corrected chi connectivity index (χ3v) is 4.44. The number of piperidine rings is 1. The van der Waals surface area contributed by atoms with Crippen molar-refractivity contribution in [2.45, 2.75) is 51.1 Å². The quantitative estimate of drug-likeness (QED) is 0.739. The van der Waals surface area contributed by atoms with Crippen LogP contribution in [-0.4, -0.2) is 71.7 Å². The highest BCUT2D eigenvalue weighted by Gasteiger charge is 2.37. The molecule has 0 bridgehead atoms. The molecule has 2 aliphatic heterocycles. The summed E-state index contributed by atoms with van der Waals surface area (Å²) in [5.41, 5.74) is 0. The number of amides is 1. The monoisotopic (exact) mass is 298 g/mol. The maximum atomic E-state index is 12.0. The second kappa shape index (κ2) is 7.75. The number of carbonyl (C=O) groups is 2. The normalized spacial score (nSPS) is 24.4. The summed E-state index contributed by atoms with van der Waals surface area (Å²) in [4.78, 5) is 27.2. The number of aliphatic carboxylic acids is 1. The van der Waals surface area contributed by atoms with Crippen molar-refractivity contribution in [3.05, 3.63) is 0 Å². The summed E-state index contributed by atoms with van der Waals surface area (Å²) in [7, 11) is 0. The van der Waals surface area contributed by atoms with E-state index in [0.29, 0.717) is 25.7 Å². The van der Waals surface area contributed by atoms with Gasteiger partial charge < -0.3 is 14.7 Å². The second-order valence-corrected chi connectivity index (χ2v) is 5.90. The van der Waals surface area contributed by atoms with Crippen LogP contribution in [0.25, 0.3) is 0 Å². The molecule has 0 aromatic rings. The summed E-state index contributed by atoms with van der Waals surface area (Å²) >= 11 is 0. The lowest BCUT2D eigenvalue weighted by molar-refractivity contribution is -0.144. The number of hydrogen-bond acceptors (Lipinski definition) is 4. The molecule has 2 aliphatic rings. The number of carbonyl (C=O) groups excluding carboxylic acids is 1. The second-order valence-electron chi connectivity index (χ2n) is 5.90. The van der Waals surface area contributed by atoms with Gasteiger partial charge in [-0.15, -0.1) is 0 Å². The molecule has 2 saturated heterocycles. The third-order valence-electron chi connectivity index (χ3n) is 4.44. The summed E-state index contributed by atoms with van der Waals surface area (Å²) in [5, 5.41) is 9.25. The summed E-state index contributed by atoms with van der Waals surface area (Å²) in [6.45, 7) is 5.10. The van der Waals surface area contributed by atoms with Crippen LogP contribution < -0.4 is 0 Å². The lowest BCUT2D eigenvalue weighted by atomic mass is 10.0. The van der Waals surface area contributed by atoms with Crippen molar-refractivity contribution >= 4 is 11.9 Å². The van der Waals surface area contributed by atoms with Crippen LogP contribution in [0.1, 0.15) is 39.0 Å². The Bertz CT molecular complexity index is 367. The van der Waals surface area contributed by atoms with E-state index in [1.807, 2.05) is 11.8 Å². The molecule has 6 heteroatoms. The van der Waals surface area contributed by atoms with Crippen LogP contribution >= 0.6 is 0 Å². The predicted molar refractivity (Wildman–Crippen MR) is 78.1 cm³/mol. The Morgan fingerprint density at radius 3 is 2.52 bits per heavy atom. The van der Waals surface area contributed by atoms with E-state index in [1.54, 1.807) is 0 Å². The van der Waals surface area contributed by atoms with Gasteiger partial charge >= 0.3 is 5.97 Å². The Morgan fingerprint density at radius 1 is 1.19 bits per heavy atom. The van der Waals surface area contributed by atoms with Gasteiger partial charge in [0.25, 0.3) is 0 Å². The lowest BCUT2D eigenvalue weighted by Gasteiger charge is -2.38. The molecule has 0 aliphatic carbocycles. The number of likely N-dealkylation sites (tertiary alicyclic amines) is 2. The molecule has 1 amide bonds. The average molecular weight is 298 g/mol. The minimum Gasteiger partial charge on any atom is -0.480 e. The molecule has 0 saturated carbocycles. The summed E-state index contributed by atoms with van der Waals surface area (Å²) in [6.07, 6.45) is 4.35. The fourth-order valence-corrected chi connectivity index (χ4v) is 3.33. The minimum absolute atomic E-state index is 0.0538. The van der Waals surface area contributed by atoms with Crippen molar-refractivity contribution in [2.24, 2.45) is 0 Å². The van der Waals surface area contributed by atoms with Gasteiger partial charge in [0.1, 0.15) is 12.6 Å². The lowest BCUT2D eigenvalue weighted by Crippen LogP contribution is -2.50. The van der Waals surface area contributed by atoms with Crippen molar-refractivity contribution < 1.29 is 19.4 Å². The van der Waals surface area contributed by atoms with Gasteiger partial charge in [0.2, 0.25) is 5.91 Å². The first-order chi connectivity index (χ1) is 10.1. The van der Waals surface area contributed by atoms with Crippen LogP contribution in [0.2, 0.25) is 0 Å². The zero-order valence-corrected chi connectivity index (χ0v) is 12.8. The highest BCUT2D eigenvalue weighted by Crippen LogP contribution is 2.26. The molecule has 1 atom stereocenters. The molecule has 1 unspecified atom stereocenters. The molecule has 21 heavy (non-hydrogen) atoms. The van der Waals surface area contributed by atoms with Gasteiger partial charge in [-0.2, -0.15) is 0 Å². The van der Waals surface area contributed by atoms with E-state index in [1.165, 1.54) is 0 Å². The van der Waals surface area contributed by atoms with Gasteiger partial charge in [-0.1, -0.05) is 6.92 Å². The van der Waals surface area contributed by atoms with E-state index in [9.17, 15) is 14.7 Å². The number of nitrogens with zero attached hydrogens (tertiary/aromatic N) is 2. The highest BCUT2D eigenvalue weighted by atomic mass is 16.5. The molecular weight excluding hydrogens is 272 g/mol. The third kappa shape index (κ3) is 4.17. The van der Waals surface area contributed by atoms with Crippen LogP contribution in [0, 0.1) is 0 Å². The summed E-state index contributed by atoms with van der Waals surface area (Å²) < 4.78 is 5.29. The van der Waals surface area contributed by atoms with Gasteiger partial charge in [-0.3, -0.25) is 14.5 Å². The number of carboxylic acid groups (broad SMARTS) is 1. The standard InChI is InChI=1S/C15H26N2O4/c1-2-10-21-11-14(18)16-8-5-12(6-9-16)17-7-3-4-13(17)15(19)20/h12-13H,2-11H2,1H3,(H,19,20). The summed E-state index contributed by atoms with van der Waals surface area (Å²) in [5.74, 6) is -0.655. The predicted octanol–water partition coefficient (Wildman–Crippen LogP) is 0.953. The van der Waals surface area contributed by atoms with Crippen molar-refractivity contribution in [1.29, 1.82) is 0 Å². The number of hydrogen-bond donors (Lipinski definition) is 1. The minimum atomic E-state index is -0.709. The van der Waals surface area contributed by atoms with Crippen LogP contribution in [0.5, 0.6) is 0 Å². The van der Waals surface area contributed by atoms with Crippen LogP contribution in [0.3, 0.4) is 0 Å². The molecule has 120 valence electrons. The van der Waals surface area contributed by atoms with E-state index >= 15 is 0 Å². The van der Waals surface area contributed by atoms with Gasteiger partial charge in [-0.25, -0.2) is 0 Å². The first-order valence-electron chi connectivity index (χ1n) is 7.97. The Morgan fingerprint density at radius 2 is 1.90 bits per heavy atom. The average Bonchev–Trinajstić information content (AvgIpc) is 2.97. The molecule has 2 rings (SSSR count). The molecule has 0 spiro atoms. The van der Waals surface area contributed by atoms with E-state index < -0.39 is 5.97 Å². The molecular formula is C15H26N2O4. The molecule has 1 N–H and O–H groups in total. The zero-order chi connectivity index (χ0) is 15.2. The van der Waals surface area contributed by atoms with Gasteiger partial charge in [0.15, 0.2) is 0 Å². The van der Waals surface area contributed by atoms with Crippen LogP contribution in [0.4, 0.5) is 0 Å². The maximum absolute atomic E-state index is 12.0. The van der Waals surface area contributed by atoms with Crippen molar-refractivity contribution in [1.82, 2.24) is 9.80 Å². The first-order valence-corrected chi connectivity index (χ1v) is 7.97. The molecule has 2 heterocycles. The first kappa shape index (κ1) is 16.2. The number of carboxylic acids is 1. The number of ether oxygens (including phenoxy) is 1. The Balaban J connectivity index is 1.77. The van der Waals surface area contributed by atoms with E-state index in [2.05, 4.69) is 4.90 Å². The van der Waals surface area contributed by atoms with Crippen LogP contribution in [0.15, 0.2) is 0 Å². The van der Waals surface area contributed by atoms with Gasteiger partial charge in [-0.05, 0) is 38.6 Å². The fraction of sp³-hybridized carbons (Fsp3) is 0.867. The Hall–Kier alpha value is -1.14. The van der Waals surface area contributed by atoms with E-state index in [4.69, 9.17) is 4.74 Å². The van der Waals surface area contributed by atoms with E-state index in [0.717, 1.165) is 38.6 Å². The maximum Gasteiger partial charge on any atom is 0.320 e. The number of rotatable bonds is 6. The smallest absolute Gasteiger partial charge is 0.320 e. The van der Waals surface area contributed by atoms with Crippen LogP contribution in [-0.2, 0) is 14.3 Å². The molecule has 0 aromatic carbocycles. The van der Waals surface area contributed by atoms with E-state index in [-0.39, 0.29) is 18.6 Å². The summed E-state index contributed by atoms with van der Waals surface area (Å²) in [6, 6.07) is -0.0284. The highest BCUT2D eigenvalue weighted by molar-refractivity contribution is 5.77. The molecule has 0 aromatic heterocycles. The topological polar surface area (TPSA) is 70.1 Å². The van der Waals surface area contributed by atoms with Crippen molar-refractivity contribution in [3.8, 4) is 0 Å².